The lowest BCUT2D eigenvalue weighted by molar-refractivity contribution is 0.117. The normalized spacial score (nSPS) is 23.5. The van der Waals surface area contributed by atoms with Crippen molar-refractivity contribution in [2.45, 2.75) is 71.9 Å². The van der Waals surface area contributed by atoms with Gasteiger partial charge in [-0.05, 0) is 44.1 Å². The molecule has 1 rings (SSSR count). The Hall–Kier alpha value is 0.327. The van der Waals surface area contributed by atoms with Crippen LogP contribution in [0.3, 0.4) is 0 Å². The standard InChI is InChI=1S/C16H37N2O2PSi/c1-15(2,3)14(20-22(9,10)16(4,5)6)21(19)17(7)12-11-13-18(21)8/h14H,11-13H2,1-10H3. The van der Waals surface area contributed by atoms with Crippen LogP contribution < -0.4 is 0 Å². The summed E-state index contributed by atoms with van der Waals surface area (Å²) in [5.41, 5.74) is -0.162. The molecule has 0 radical (unpaired) electrons. The molecule has 6 heteroatoms. The van der Waals surface area contributed by atoms with Gasteiger partial charge in [0, 0.05) is 13.1 Å². The maximum absolute atomic E-state index is 14.0. The van der Waals surface area contributed by atoms with Gasteiger partial charge in [-0.25, -0.2) is 9.34 Å². The summed E-state index contributed by atoms with van der Waals surface area (Å²) in [7, 11) is -0.727. The number of hydrogen-bond donors (Lipinski definition) is 0. The fraction of sp³-hybridized carbons (Fsp3) is 1.00. The molecule has 1 aliphatic rings. The maximum atomic E-state index is 14.0. The Morgan fingerprint density at radius 1 is 1.00 bits per heavy atom. The first-order valence-electron chi connectivity index (χ1n) is 8.35. The van der Waals surface area contributed by atoms with E-state index in [1.807, 2.05) is 14.1 Å². The molecule has 0 bridgehead atoms. The van der Waals surface area contributed by atoms with Crippen molar-refractivity contribution in [3.05, 3.63) is 0 Å². The average molecular weight is 349 g/mol. The zero-order chi connectivity index (χ0) is 17.6. The van der Waals surface area contributed by atoms with Gasteiger partial charge in [-0.3, -0.25) is 4.57 Å². The molecule has 22 heavy (non-hydrogen) atoms. The third-order valence-corrected chi connectivity index (χ3v) is 13.7. The van der Waals surface area contributed by atoms with Crippen molar-refractivity contribution < 1.29 is 8.99 Å². The molecule has 4 nitrogen and oxygen atoms in total. The van der Waals surface area contributed by atoms with Crippen LogP contribution in [-0.4, -0.2) is 50.7 Å². The molecule has 0 N–H and O–H groups in total. The summed E-state index contributed by atoms with van der Waals surface area (Å²) in [5.74, 6) is -0.254. The zero-order valence-electron chi connectivity index (χ0n) is 16.4. The van der Waals surface area contributed by atoms with Crippen LogP contribution in [0.1, 0.15) is 48.0 Å². The molecule has 1 unspecified atom stereocenters. The summed E-state index contributed by atoms with van der Waals surface area (Å²) in [5, 5.41) is 0.114. The fourth-order valence-electron chi connectivity index (χ4n) is 2.64. The average Bonchev–Trinajstić information content (AvgIpc) is 2.30. The Morgan fingerprint density at radius 2 is 1.41 bits per heavy atom. The van der Waals surface area contributed by atoms with E-state index in [1.165, 1.54) is 0 Å². The highest BCUT2D eigenvalue weighted by atomic mass is 31.2. The first-order chi connectivity index (χ1) is 9.64. The predicted octanol–water partition coefficient (Wildman–Crippen LogP) is 4.84. The Kier molecular flexibility index (Phi) is 5.86. The van der Waals surface area contributed by atoms with Crippen LogP contribution >= 0.6 is 7.44 Å². The molecule has 0 amide bonds. The molecule has 1 fully saturated rings. The molecule has 0 aromatic heterocycles. The quantitative estimate of drug-likeness (QED) is 0.540. The molecule has 1 atom stereocenters. The van der Waals surface area contributed by atoms with E-state index in [0.717, 1.165) is 19.5 Å². The van der Waals surface area contributed by atoms with Crippen molar-refractivity contribution in [3.63, 3.8) is 0 Å². The van der Waals surface area contributed by atoms with Gasteiger partial charge in [0.15, 0.2) is 8.32 Å². The minimum absolute atomic E-state index is 0.114. The van der Waals surface area contributed by atoms with Crippen molar-refractivity contribution in [2.24, 2.45) is 5.41 Å². The van der Waals surface area contributed by atoms with Gasteiger partial charge in [0.1, 0.15) is 5.85 Å². The second kappa shape index (κ2) is 6.32. The third kappa shape index (κ3) is 3.86. The Balaban J connectivity index is 3.28. The lowest BCUT2D eigenvalue weighted by Crippen LogP contribution is -2.51. The van der Waals surface area contributed by atoms with Crippen LogP contribution in [-0.2, 0) is 8.99 Å². The first-order valence-corrected chi connectivity index (χ1v) is 12.9. The van der Waals surface area contributed by atoms with Crippen molar-refractivity contribution >= 4 is 15.8 Å². The summed E-state index contributed by atoms with van der Waals surface area (Å²) in [6, 6.07) is 0. The van der Waals surface area contributed by atoms with Crippen LogP contribution in [0.15, 0.2) is 0 Å². The van der Waals surface area contributed by atoms with E-state index < -0.39 is 15.8 Å². The van der Waals surface area contributed by atoms with E-state index in [4.69, 9.17) is 4.43 Å². The minimum atomic E-state index is -2.71. The molecule has 0 aliphatic carbocycles. The second-order valence-electron chi connectivity index (χ2n) is 9.30. The Labute approximate surface area is 139 Å². The number of hydrogen-bond acceptors (Lipinski definition) is 2. The van der Waals surface area contributed by atoms with Crippen LogP contribution in [0.5, 0.6) is 0 Å². The van der Waals surface area contributed by atoms with Gasteiger partial charge in [-0.15, -0.1) is 0 Å². The van der Waals surface area contributed by atoms with Gasteiger partial charge in [0.05, 0.1) is 0 Å². The number of nitrogens with zero attached hydrogens (tertiary/aromatic N) is 2. The third-order valence-electron chi connectivity index (χ3n) is 5.20. The molecule has 1 aliphatic heterocycles. The molecule has 0 spiro atoms. The molecule has 0 aromatic carbocycles. The van der Waals surface area contributed by atoms with Gasteiger partial charge in [0.2, 0.25) is 7.44 Å². The van der Waals surface area contributed by atoms with E-state index in [9.17, 15) is 4.57 Å². The first kappa shape index (κ1) is 20.4. The zero-order valence-corrected chi connectivity index (χ0v) is 18.3. The van der Waals surface area contributed by atoms with Gasteiger partial charge < -0.3 is 4.43 Å². The van der Waals surface area contributed by atoms with E-state index in [-0.39, 0.29) is 16.3 Å². The van der Waals surface area contributed by atoms with Crippen LogP contribution in [0.25, 0.3) is 0 Å². The fourth-order valence-corrected chi connectivity index (χ4v) is 8.35. The van der Waals surface area contributed by atoms with Gasteiger partial charge in [-0.2, -0.15) is 0 Å². The van der Waals surface area contributed by atoms with Crippen molar-refractivity contribution in [1.82, 2.24) is 9.34 Å². The van der Waals surface area contributed by atoms with Gasteiger partial charge in [0.25, 0.3) is 0 Å². The van der Waals surface area contributed by atoms with Crippen LogP contribution in [0.2, 0.25) is 18.1 Å². The topological polar surface area (TPSA) is 32.8 Å². The highest BCUT2D eigenvalue weighted by Crippen LogP contribution is 2.63. The van der Waals surface area contributed by atoms with Gasteiger partial charge >= 0.3 is 0 Å². The predicted molar refractivity (Wildman–Crippen MR) is 99.0 cm³/mol. The number of rotatable bonds is 3. The SMILES string of the molecule is CN1CCCN(C)P1(=O)C(O[Si](C)(C)C(C)(C)C)C(C)(C)C. The van der Waals surface area contributed by atoms with E-state index in [0.29, 0.717) is 0 Å². The van der Waals surface area contributed by atoms with Crippen LogP contribution in [0.4, 0.5) is 0 Å². The molecular weight excluding hydrogens is 311 g/mol. The van der Waals surface area contributed by atoms with Crippen molar-refractivity contribution in [2.75, 3.05) is 27.2 Å². The summed E-state index contributed by atoms with van der Waals surface area (Å²) in [4.78, 5) is 0. The largest absolute Gasteiger partial charge is 0.404 e. The monoisotopic (exact) mass is 348 g/mol. The molecule has 0 aromatic rings. The van der Waals surface area contributed by atoms with Gasteiger partial charge in [-0.1, -0.05) is 41.5 Å². The lowest BCUT2D eigenvalue weighted by atomic mass is 9.98. The second-order valence-corrected chi connectivity index (χ2v) is 17.1. The minimum Gasteiger partial charge on any atom is -0.404 e. The Bertz CT molecular complexity index is 426. The molecule has 132 valence electrons. The molecule has 1 saturated heterocycles. The Morgan fingerprint density at radius 3 is 1.73 bits per heavy atom. The lowest BCUT2D eigenvalue weighted by Gasteiger charge is -2.51. The summed E-state index contributed by atoms with van der Waals surface area (Å²) < 4.78 is 24.8. The smallest absolute Gasteiger partial charge is 0.243 e. The summed E-state index contributed by atoms with van der Waals surface area (Å²) in [6.45, 7) is 19.4. The molecule has 0 saturated carbocycles. The maximum Gasteiger partial charge on any atom is 0.243 e. The van der Waals surface area contributed by atoms with Crippen molar-refractivity contribution in [1.29, 1.82) is 0 Å². The summed E-state index contributed by atoms with van der Waals surface area (Å²) in [6.07, 6.45) is 1.06. The highest BCUT2D eigenvalue weighted by molar-refractivity contribution is 7.59. The molecular formula is C16H37N2O2PSi. The van der Waals surface area contributed by atoms with E-state index in [2.05, 4.69) is 64.0 Å². The van der Waals surface area contributed by atoms with E-state index >= 15 is 0 Å². The van der Waals surface area contributed by atoms with Crippen molar-refractivity contribution in [3.8, 4) is 0 Å². The van der Waals surface area contributed by atoms with Crippen LogP contribution in [0, 0.1) is 5.41 Å². The molecule has 1 heterocycles. The highest BCUT2D eigenvalue weighted by Gasteiger charge is 2.52. The van der Waals surface area contributed by atoms with E-state index in [1.54, 1.807) is 0 Å². The summed E-state index contributed by atoms with van der Waals surface area (Å²) >= 11 is 0.